The van der Waals surface area contributed by atoms with Gasteiger partial charge in [0.05, 0.1) is 7.11 Å². The lowest BCUT2D eigenvalue weighted by Crippen LogP contribution is -2.57. The van der Waals surface area contributed by atoms with Crippen LogP contribution in [0, 0.1) is 22.7 Å². The summed E-state index contributed by atoms with van der Waals surface area (Å²) < 4.78 is 5.17. The summed E-state index contributed by atoms with van der Waals surface area (Å²) in [6.07, 6.45) is 9.57. The largest absolute Gasteiger partial charge is 0.497 e. The van der Waals surface area contributed by atoms with Crippen molar-refractivity contribution in [2.45, 2.75) is 111 Å². The highest BCUT2D eigenvalue weighted by Crippen LogP contribution is 2.29. The van der Waals surface area contributed by atoms with E-state index in [1.165, 1.54) is 23.3 Å². The third-order valence-corrected chi connectivity index (χ3v) is 12.1. The molecule has 0 bridgehead atoms. The van der Waals surface area contributed by atoms with Gasteiger partial charge in [0, 0.05) is 30.5 Å². The van der Waals surface area contributed by atoms with Crippen LogP contribution in [0.4, 0.5) is 21.0 Å². The van der Waals surface area contributed by atoms with Crippen LogP contribution in [0.15, 0.2) is 78.9 Å². The first kappa shape index (κ1) is 53.4. The molecule has 8 N–H and O–H groups in total. The second-order valence-electron chi connectivity index (χ2n) is 19.6. The van der Waals surface area contributed by atoms with Crippen molar-refractivity contribution in [1.29, 1.82) is 0 Å². The molecule has 0 unspecified atom stereocenters. The van der Waals surface area contributed by atoms with Crippen LogP contribution in [0.25, 0.3) is 11.1 Å². The van der Waals surface area contributed by atoms with Crippen molar-refractivity contribution in [2.24, 2.45) is 22.7 Å². The van der Waals surface area contributed by atoms with Crippen LogP contribution < -0.4 is 37.0 Å². The fourth-order valence-electron chi connectivity index (χ4n) is 8.40. The SMILES string of the molecule is CC(C)(C)[C@H](NC(=O)Nc1ccc(-c2ccccc2)cc1)C(=O)N(CC(=O)NO)CC1CCCC1.COc1cccc(NC(=O)N[C@H](C(=O)N(CC(=O)NO)CC2CCCCC2)C(C)(C)C)c1. The van der Waals surface area contributed by atoms with Crippen LogP contribution in [0.2, 0.25) is 0 Å². The Balaban J connectivity index is 0.000000294. The van der Waals surface area contributed by atoms with Gasteiger partial charge in [-0.3, -0.25) is 29.6 Å². The van der Waals surface area contributed by atoms with Gasteiger partial charge in [0.2, 0.25) is 11.8 Å². The average molecular weight is 929 g/mol. The van der Waals surface area contributed by atoms with E-state index in [0.29, 0.717) is 42.0 Å². The zero-order valence-electron chi connectivity index (χ0n) is 40.2. The van der Waals surface area contributed by atoms with Gasteiger partial charge in [-0.15, -0.1) is 0 Å². The summed E-state index contributed by atoms with van der Waals surface area (Å²) in [4.78, 5) is 79.3. The molecule has 3 aromatic carbocycles. The van der Waals surface area contributed by atoms with Crippen LogP contribution in [0.1, 0.15) is 99.3 Å². The van der Waals surface area contributed by atoms with E-state index in [1.54, 1.807) is 35.2 Å². The number of carbonyl (C=O) groups excluding carboxylic acids is 6. The van der Waals surface area contributed by atoms with Crippen molar-refractivity contribution in [3.8, 4) is 16.9 Å². The predicted octanol–water partition coefficient (Wildman–Crippen LogP) is 7.56. The number of carbonyl (C=O) groups is 6. The van der Waals surface area contributed by atoms with Gasteiger partial charge in [-0.05, 0) is 83.7 Å². The Morgan fingerprint density at radius 3 is 1.45 bits per heavy atom. The molecule has 0 heterocycles. The molecule has 0 aliphatic heterocycles. The molecule has 0 aromatic heterocycles. The normalized spacial score (nSPS) is 15.1. The number of methoxy groups -OCH3 is 1. The molecule has 17 nitrogen and oxygen atoms in total. The first-order valence-electron chi connectivity index (χ1n) is 23.2. The van der Waals surface area contributed by atoms with E-state index < -0.39 is 46.8 Å². The van der Waals surface area contributed by atoms with E-state index >= 15 is 0 Å². The number of hydroxylamine groups is 2. The van der Waals surface area contributed by atoms with Crippen molar-refractivity contribution in [3.63, 3.8) is 0 Å². The lowest BCUT2D eigenvalue weighted by atomic mass is 9.84. The Morgan fingerprint density at radius 2 is 1.01 bits per heavy atom. The number of nitrogens with one attached hydrogen (secondary N) is 6. The van der Waals surface area contributed by atoms with Crippen LogP contribution >= 0.6 is 0 Å². The maximum absolute atomic E-state index is 13.5. The minimum atomic E-state index is -0.872. The number of rotatable bonds is 16. The molecule has 0 spiro atoms. The molecule has 8 amide bonds. The summed E-state index contributed by atoms with van der Waals surface area (Å²) in [5.74, 6) is -0.821. The summed E-state index contributed by atoms with van der Waals surface area (Å²) in [7, 11) is 1.54. The molecule has 366 valence electrons. The van der Waals surface area contributed by atoms with Crippen molar-refractivity contribution in [3.05, 3.63) is 78.9 Å². The zero-order valence-corrected chi connectivity index (χ0v) is 40.2. The number of hydrogen-bond acceptors (Lipinski definition) is 9. The number of ether oxygens (including phenoxy) is 1. The summed E-state index contributed by atoms with van der Waals surface area (Å²) in [6.45, 7) is 11.5. The van der Waals surface area contributed by atoms with Crippen molar-refractivity contribution in [1.82, 2.24) is 31.4 Å². The number of anilines is 2. The Kier molecular flexibility index (Phi) is 20.4. The quantitative estimate of drug-likeness (QED) is 0.0523. The first-order chi connectivity index (χ1) is 31.8. The Labute approximate surface area is 395 Å². The van der Waals surface area contributed by atoms with Gasteiger partial charge in [-0.2, -0.15) is 0 Å². The van der Waals surface area contributed by atoms with E-state index in [-0.39, 0.29) is 24.9 Å². The van der Waals surface area contributed by atoms with Gasteiger partial charge < -0.3 is 35.8 Å². The first-order valence-corrected chi connectivity index (χ1v) is 23.2. The highest BCUT2D eigenvalue weighted by Gasteiger charge is 2.39. The van der Waals surface area contributed by atoms with Crippen molar-refractivity contribution in [2.75, 3.05) is 43.9 Å². The monoisotopic (exact) mass is 929 g/mol. The smallest absolute Gasteiger partial charge is 0.319 e. The molecule has 5 rings (SSSR count). The van der Waals surface area contributed by atoms with Gasteiger partial charge in [0.1, 0.15) is 30.9 Å². The van der Waals surface area contributed by atoms with Crippen molar-refractivity contribution >= 4 is 47.1 Å². The molecule has 67 heavy (non-hydrogen) atoms. The number of nitrogens with zero attached hydrogens (tertiary/aromatic N) is 2. The lowest BCUT2D eigenvalue weighted by Gasteiger charge is -2.36. The zero-order chi connectivity index (χ0) is 49.1. The summed E-state index contributed by atoms with van der Waals surface area (Å²) in [5, 5.41) is 29.1. The van der Waals surface area contributed by atoms with E-state index in [9.17, 15) is 28.8 Å². The van der Waals surface area contributed by atoms with E-state index in [2.05, 4.69) is 21.3 Å². The molecular formula is C50H72N8O9. The molecule has 2 atom stereocenters. The molecule has 0 radical (unpaired) electrons. The van der Waals surface area contributed by atoms with Crippen molar-refractivity contribution < 1.29 is 43.9 Å². The molecular weight excluding hydrogens is 857 g/mol. The molecule has 2 fully saturated rings. The van der Waals surface area contributed by atoms with Gasteiger partial charge >= 0.3 is 12.1 Å². The van der Waals surface area contributed by atoms with E-state index in [1.807, 2.05) is 96.1 Å². The minimum Gasteiger partial charge on any atom is -0.497 e. The Bertz CT molecular complexity index is 2080. The third kappa shape index (κ3) is 17.5. The average Bonchev–Trinajstić information content (AvgIpc) is 3.82. The number of urea groups is 2. The maximum atomic E-state index is 13.5. The van der Waals surface area contributed by atoms with E-state index in [4.69, 9.17) is 15.2 Å². The minimum absolute atomic E-state index is 0.261. The van der Waals surface area contributed by atoms with Crippen LogP contribution in [0.3, 0.4) is 0 Å². The topological polar surface area (TPSA) is 231 Å². The number of hydrogen-bond donors (Lipinski definition) is 8. The standard InChI is InChI=1S/C27H36N4O4.C23H36N4O5/c1-27(2,3)24(25(33)31(18-23(32)30-35)17-19-9-7-8-10-19)29-26(34)28-22-15-13-21(14-16-22)20-11-5-4-6-12-20;1-23(2,3)20(25-22(30)24-17-11-8-12-18(13-17)32-4)21(29)27(15-19(28)26-31)14-16-9-6-5-7-10-16/h4-6,11-16,19,24,35H,7-10,17-18H2,1-3H3,(H,30,32)(H2,28,29,34);8,11-13,16,20,31H,5-7,9-10,14-15H2,1-4H3,(H,26,28)(H2,24,25,30)/t24-;20-/m11/s1. The Morgan fingerprint density at radius 1 is 0.582 bits per heavy atom. The summed E-state index contributed by atoms with van der Waals surface area (Å²) in [6, 6.07) is 21.6. The number of benzene rings is 3. The second-order valence-corrected chi connectivity index (χ2v) is 19.6. The van der Waals surface area contributed by atoms with Crippen LogP contribution in [-0.2, 0) is 19.2 Å². The summed E-state index contributed by atoms with van der Waals surface area (Å²) in [5.41, 5.74) is 5.25. The molecule has 2 aliphatic rings. The second kappa shape index (κ2) is 25.6. The van der Waals surface area contributed by atoms with Crippen LogP contribution in [-0.4, -0.2) is 101 Å². The third-order valence-electron chi connectivity index (χ3n) is 12.1. The Hall–Kier alpha value is -6.20. The van der Waals surface area contributed by atoms with Gasteiger partial charge in [0.25, 0.3) is 11.8 Å². The molecule has 17 heteroatoms. The van der Waals surface area contributed by atoms with Gasteiger partial charge in [0.15, 0.2) is 0 Å². The fourth-order valence-corrected chi connectivity index (χ4v) is 8.40. The molecule has 3 aromatic rings. The highest BCUT2D eigenvalue weighted by atomic mass is 16.5. The fraction of sp³-hybridized carbons (Fsp3) is 0.520. The van der Waals surface area contributed by atoms with Gasteiger partial charge in [-0.25, -0.2) is 20.5 Å². The lowest BCUT2D eigenvalue weighted by molar-refractivity contribution is -0.143. The summed E-state index contributed by atoms with van der Waals surface area (Å²) >= 11 is 0. The molecule has 2 aliphatic carbocycles. The molecule has 2 saturated carbocycles. The molecule has 0 saturated heterocycles. The van der Waals surface area contributed by atoms with Crippen LogP contribution in [0.5, 0.6) is 5.75 Å². The van der Waals surface area contributed by atoms with E-state index in [0.717, 1.165) is 62.5 Å². The number of amides is 8. The predicted molar refractivity (Wildman–Crippen MR) is 257 cm³/mol. The maximum Gasteiger partial charge on any atom is 0.319 e. The van der Waals surface area contributed by atoms with Gasteiger partial charge in [-0.1, -0.05) is 122 Å². The highest BCUT2D eigenvalue weighted by molar-refractivity contribution is 5.96.